The molecule has 31 heavy (non-hydrogen) atoms. The summed E-state index contributed by atoms with van der Waals surface area (Å²) in [6, 6.07) is 15.7. The summed E-state index contributed by atoms with van der Waals surface area (Å²) in [7, 11) is 0. The lowest BCUT2D eigenvalue weighted by molar-refractivity contribution is -0.114. The van der Waals surface area contributed by atoms with E-state index in [2.05, 4.69) is 20.6 Å². The van der Waals surface area contributed by atoms with Crippen molar-refractivity contribution in [3.63, 3.8) is 0 Å². The Bertz CT molecular complexity index is 1130. The number of aromatic nitrogens is 2. The van der Waals surface area contributed by atoms with Gasteiger partial charge in [0, 0.05) is 36.2 Å². The topological polar surface area (TPSA) is 113 Å². The molecule has 0 saturated heterocycles. The molecule has 0 spiro atoms. The molecule has 4 rings (SSSR count). The summed E-state index contributed by atoms with van der Waals surface area (Å²) in [6.07, 6.45) is 3.48. The average molecular weight is 416 g/mol. The Kier molecular flexibility index (Phi) is 5.53. The van der Waals surface area contributed by atoms with Crippen LogP contribution < -0.4 is 21.3 Å². The molecular formula is C23H24N6O2. The molecule has 1 fully saturated rings. The van der Waals surface area contributed by atoms with Crippen molar-refractivity contribution in [2.75, 3.05) is 15.5 Å². The van der Waals surface area contributed by atoms with Gasteiger partial charge in [0.2, 0.25) is 11.9 Å². The van der Waals surface area contributed by atoms with E-state index in [-0.39, 0.29) is 17.5 Å². The second kappa shape index (κ2) is 8.43. The number of primary amides is 1. The van der Waals surface area contributed by atoms with Crippen molar-refractivity contribution >= 4 is 40.6 Å². The maximum Gasteiger partial charge on any atom is 0.254 e. The third-order valence-electron chi connectivity index (χ3n) is 5.01. The molecule has 1 saturated carbocycles. The van der Waals surface area contributed by atoms with E-state index in [1.807, 2.05) is 60.4 Å². The molecule has 3 aromatic rings. The van der Waals surface area contributed by atoms with Gasteiger partial charge in [0.15, 0.2) is 5.82 Å². The molecule has 1 aromatic heterocycles. The van der Waals surface area contributed by atoms with Crippen LogP contribution in [0.25, 0.3) is 0 Å². The first-order chi connectivity index (χ1) is 14.9. The highest BCUT2D eigenvalue weighted by Crippen LogP contribution is 2.39. The van der Waals surface area contributed by atoms with Gasteiger partial charge in [-0.3, -0.25) is 9.59 Å². The van der Waals surface area contributed by atoms with E-state index in [1.54, 1.807) is 0 Å². The largest absolute Gasteiger partial charge is 0.365 e. The van der Waals surface area contributed by atoms with Crippen LogP contribution in [0.3, 0.4) is 0 Å². The standard InChI is InChI=1S/C23H24N6O2/c1-14-8-9-16(12-20(14)26-15(2)30)27-23-25-13-19(21(24)31)22(28-23)29(18-10-11-18)17-6-4-3-5-7-17/h3-9,12-13,18H,10-11H2,1-2H3,(H2,24,31)(H,26,30)(H,25,27,28). The number of aryl methyl sites for hydroxylation is 1. The first-order valence-corrected chi connectivity index (χ1v) is 10.1. The minimum atomic E-state index is -0.577. The number of para-hydroxylation sites is 1. The molecule has 0 unspecified atom stereocenters. The highest BCUT2D eigenvalue weighted by molar-refractivity contribution is 5.98. The number of nitrogens with zero attached hydrogens (tertiary/aromatic N) is 3. The molecule has 0 atom stereocenters. The van der Waals surface area contributed by atoms with Crippen LogP contribution in [0, 0.1) is 6.92 Å². The van der Waals surface area contributed by atoms with Crippen molar-refractivity contribution < 1.29 is 9.59 Å². The van der Waals surface area contributed by atoms with Gasteiger partial charge in [-0.2, -0.15) is 4.98 Å². The zero-order chi connectivity index (χ0) is 22.0. The Balaban J connectivity index is 1.71. The van der Waals surface area contributed by atoms with Crippen LogP contribution in [0.4, 0.5) is 28.8 Å². The molecule has 8 nitrogen and oxygen atoms in total. The lowest BCUT2D eigenvalue weighted by Gasteiger charge is -2.25. The number of amides is 2. The van der Waals surface area contributed by atoms with Crippen LogP contribution >= 0.6 is 0 Å². The second-order valence-electron chi connectivity index (χ2n) is 7.57. The number of nitrogens with one attached hydrogen (secondary N) is 2. The number of rotatable bonds is 7. The van der Waals surface area contributed by atoms with Gasteiger partial charge in [-0.25, -0.2) is 4.98 Å². The minimum Gasteiger partial charge on any atom is -0.365 e. The molecule has 2 amide bonds. The maximum absolute atomic E-state index is 12.1. The van der Waals surface area contributed by atoms with Gasteiger partial charge in [-0.15, -0.1) is 0 Å². The van der Waals surface area contributed by atoms with E-state index < -0.39 is 5.91 Å². The molecule has 0 radical (unpaired) electrons. The van der Waals surface area contributed by atoms with Gasteiger partial charge >= 0.3 is 0 Å². The summed E-state index contributed by atoms with van der Waals surface area (Å²) < 4.78 is 0. The molecule has 0 aliphatic heterocycles. The van der Waals surface area contributed by atoms with E-state index >= 15 is 0 Å². The lowest BCUT2D eigenvalue weighted by Crippen LogP contribution is -2.26. The summed E-state index contributed by atoms with van der Waals surface area (Å²) in [5.41, 5.74) is 9.20. The van der Waals surface area contributed by atoms with Crippen LogP contribution in [0.2, 0.25) is 0 Å². The third-order valence-corrected chi connectivity index (χ3v) is 5.01. The van der Waals surface area contributed by atoms with Crippen LogP contribution in [0.5, 0.6) is 0 Å². The smallest absolute Gasteiger partial charge is 0.254 e. The summed E-state index contributed by atoms with van der Waals surface area (Å²) >= 11 is 0. The molecule has 0 bridgehead atoms. The predicted molar refractivity (Wildman–Crippen MR) is 121 cm³/mol. The van der Waals surface area contributed by atoms with Gasteiger partial charge in [0.1, 0.15) is 5.56 Å². The first-order valence-electron chi connectivity index (χ1n) is 10.1. The number of benzene rings is 2. The summed E-state index contributed by atoms with van der Waals surface area (Å²) in [4.78, 5) is 34.6. The van der Waals surface area contributed by atoms with Crippen molar-refractivity contribution in [2.45, 2.75) is 32.7 Å². The van der Waals surface area contributed by atoms with Gasteiger partial charge in [0.05, 0.1) is 0 Å². The summed E-state index contributed by atoms with van der Waals surface area (Å²) in [5.74, 6) is 0.0889. The molecule has 2 aromatic carbocycles. The minimum absolute atomic E-state index is 0.146. The van der Waals surface area contributed by atoms with E-state index in [0.29, 0.717) is 23.1 Å². The van der Waals surface area contributed by atoms with Crippen molar-refractivity contribution in [1.82, 2.24) is 9.97 Å². The normalized spacial score (nSPS) is 12.8. The Hall–Kier alpha value is -3.94. The molecule has 8 heteroatoms. The molecule has 1 heterocycles. The maximum atomic E-state index is 12.1. The zero-order valence-electron chi connectivity index (χ0n) is 17.4. The molecule has 1 aliphatic carbocycles. The fraction of sp³-hybridized carbons (Fsp3) is 0.217. The quantitative estimate of drug-likeness (QED) is 0.539. The van der Waals surface area contributed by atoms with Gasteiger partial charge in [-0.1, -0.05) is 24.3 Å². The van der Waals surface area contributed by atoms with Gasteiger partial charge in [0.25, 0.3) is 5.91 Å². The SMILES string of the molecule is CC(=O)Nc1cc(Nc2ncc(C(N)=O)c(N(c3ccccc3)C3CC3)n2)ccc1C. The van der Waals surface area contributed by atoms with E-state index in [9.17, 15) is 9.59 Å². The van der Waals surface area contributed by atoms with Crippen LogP contribution in [0.1, 0.15) is 35.7 Å². The van der Waals surface area contributed by atoms with Crippen molar-refractivity contribution in [3.8, 4) is 0 Å². The van der Waals surface area contributed by atoms with Gasteiger partial charge < -0.3 is 21.3 Å². The Morgan fingerprint density at radius 2 is 1.87 bits per heavy atom. The second-order valence-corrected chi connectivity index (χ2v) is 7.57. The van der Waals surface area contributed by atoms with Crippen molar-refractivity contribution in [2.24, 2.45) is 5.73 Å². The zero-order valence-corrected chi connectivity index (χ0v) is 17.4. The number of hydrogen-bond donors (Lipinski definition) is 3. The number of nitrogens with two attached hydrogens (primary N) is 1. The number of carbonyl (C=O) groups excluding carboxylic acids is 2. The number of hydrogen-bond acceptors (Lipinski definition) is 6. The Morgan fingerprint density at radius 1 is 1.13 bits per heavy atom. The first kappa shape index (κ1) is 20.3. The lowest BCUT2D eigenvalue weighted by atomic mass is 10.2. The summed E-state index contributed by atoms with van der Waals surface area (Å²) in [5, 5.41) is 5.97. The van der Waals surface area contributed by atoms with Crippen LogP contribution in [0.15, 0.2) is 54.7 Å². The fourth-order valence-electron chi connectivity index (χ4n) is 3.37. The highest BCUT2D eigenvalue weighted by Gasteiger charge is 2.33. The molecular weight excluding hydrogens is 392 g/mol. The fourth-order valence-corrected chi connectivity index (χ4v) is 3.37. The Morgan fingerprint density at radius 3 is 2.52 bits per heavy atom. The monoisotopic (exact) mass is 416 g/mol. The number of anilines is 5. The van der Waals surface area contributed by atoms with Crippen LogP contribution in [-0.2, 0) is 4.79 Å². The molecule has 158 valence electrons. The molecule has 4 N–H and O–H groups in total. The van der Waals surface area contributed by atoms with Crippen LogP contribution in [-0.4, -0.2) is 27.8 Å². The van der Waals surface area contributed by atoms with E-state index in [1.165, 1.54) is 13.1 Å². The average Bonchev–Trinajstić information content (AvgIpc) is 3.56. The van der Waals surface area contributed by atoms with Crippen molar-refractivity contribution in [1.29, 1.82) is 0 Å². The number of carbonyl (C=O) groups is 2. The van der Waals surface area contributed by atoms with Crippen molar-refractivity contribution in [3.05, 3.63) is 65.9 Å². The third kappa shape index (κ3) is 4.63. The van der Waals surface area contributed by atoms with Gasteiger partial charge in [-0.05, 0) is 49.6 Å². The predicted octanol–water partition coefficient (Wildman–Crippen LogP) is 3.89. The van der Waals surface area contributed by atoms with E-state index in [4.69, 9.17) is 5.73 Å². The van der Waals surface area contributed by atoms with E-state index in [0.717, 1.165) is 24.1 Å². The highest BCUT2D eigenvalue weighted by atomic mass is 16.1. The Labute approximate surface area is 180 Å². The molecule has 1 aliphatic rings. The summed E-state index contributed by atoms with van der Waals surface area (Å²) in [6.45, 7) is 3.38.